The van der Waals surface area contributed by atoms with Gasteiger partial charge in [0.05, 0.1) is 12.2 Å². The Hall–Kier alpha value is -1.44. The monoisotopic (exact) mass is 216 g/mol. The van der Waals surface area contributed by atoms with Crippen LogP contribution in [0.3, 0.4) is 0 Å². The molecule has 0 aromatic heterocycles. The summed E-state index contributed by atoms with van der Waals surface area (Å²) >= 11 is 0. The fourth-order valence-corrected chi connectivity index (χ4v) is 2.31. The van der Waals surface area contributed by atoms with Gasteiger partial charge in [0.2, 0.25) is 0 Å². The molecule has 1 aromatic rings. The summed E-state index contributed by atoms with van der Waals surface area (Å²) in [5, 5.41) is 0. The molecule has 1 aromatic carbocycles. The lowest BCUT2D eigenvalue weighted by atomic mass is 9.89. The largest absolute Gasteiger partial charge is 0.362 e. The molecule has 0 radical (unpaired) electrons. The topological polar surface area (TPSA) is 6.48 Å². The lowest BCUT2D eigenvalue weighted by molar-refractivity contribution is 0.156. The van der Waals surface area contributed by atoms with E-state index >= 15 is 0 Å². The summed E-state index contributed by atoms with van der Waals surface area (Å²) in [7, 11) is 2.10. The molecule has 0 bridgehead atoms. The maximum Gasteiger partial charge on any atom is 0.0898 e. The molecule has 0 fully saturated rings. The molecule has 0 spiro atoms. The number of hydrogen-bond donors (Lipinski definition) is 0. The van der Waals surface area contributed by atoms with Crippen molar-refractivity contribution in [2.45, 2.75) is 26.3 Å². The fourth-order valence-electron chi connectivity index (χ4n) is 2.31. The summed E-state index contributed by atoms with van der Waals surface area (Å²) in [6.07, 6.45) is 4.30. The summed E-state index contributed by atoms with van der Waals surface area (Å²) in [4.78, 5) is 4.56. The van der Waals surface area contributed by atoms with E-state index in [-0.39, 0.29) is 5.54 Å². The van der Waals surface area contributed by atoms with Crippen LogP contribution in [0.2, 0.25) is 0 Å². The molecule has 16 heavy (non-hydrogen) atoms. The number of nitrogens with zero attached hydrogens (tertiary/aromatic N) is 2. The van der Waals surface area contributed by atoms with Gasteiger partial charge in [0.1, 0.15) is 0 Å². The van der Waals surface area contributed by atoms with E-state index < -0.39 is 0 Å². The zero-order chi connectivity index (χ0) is 11.8. The van der Waals surface area contributed by atoms with Crippen molar-refractivity contribution in [1.29, 1.82) is 0 Å². The highest BCUT2D eigenvalue weighted by Gasteiger charge is 2.30. The third-order valence-electron chi connectivity index (χ3n) is 3.40. The molecule has 0 saturated heterocycles. The zero-order valence-electron chi connectivity index (χ0n) is 10.6. The SMILES string of the molecule is Cc1ccccc1C(C)(C)N1C=CN(C)C1. The summed E-state index contributed by atoms with van der Waals surface area (Å²) < 4.78 is 0. The van der Waals surface area contributed by atoms with Crippen LogP contribution in [-0.4, -0.2) is 23.5 Å². The highest BCUT2D eigenvalue weighted by Crippen LogP contribution is 2.32. The van der Waals surface area contributed by atoms with Crippen LogP contribution in [0, 0.1) is 6.92 Å². The molecule has 1 aliphatic rings. The molecule has 1 heterocycles. The predicted molar refractivity (Wildman–Crippen MR) is 67.8 cm³/mol. The normalized spacial score (nSPS) is 16.0. The van der Waals surface area contributed by atoms with Gasteiger partial charge in [-0.1, -0.05) is 24.3 Å². The van der Waals surface area contributed by atoms with Crippen LogP contribution in [0.4, 0.5) is 0 Å². The first-order valence-corrected chi connectivity index (χ1v) is 5.73. The van der Waals surface area contributed by atoms with Crippen LogP contribution < -0.4 is 0 Å². The van der Waals surface area contributed by atoms with Gasteiger partial charge in [-0.2, -0.15) is 0 Å². The van der Waals surface area contributed by atoms with Gasteiger partial charge in [0, 0.05) is 19.4 Å². The van der Waals surface area contributed by atoms with Crippen molar-refractivity contribution in [2.75, 3.05) is 13.7 Å². The highest BCUT2D eigenvalue weighted by atomic mass is 15.4. The Balaban J connectivity index is 2.32. The van der Waals surface area contributed by atoms with Crippen LogP contribution in [0.15, 0.2) is 36.7 Å². The second kappa shape index (κ2) is 3.85. The zero-order valence-corrected chi connectivity index (χ0v) is 10.6. The van der Waals surface area contributed by atoms with Gasteiger partial charge in [-0.15, -0.1) is 0 Å². The van der Waals surface area contributed by atoms with Crippen LogP contribution in [0.5, 0.6) is 0 Å². The van der Waals surface area contributed by atoms with E-state index in [9.17, 15) is 0 Å². The van der Waals surface area contributed by atoms with Crippen molar-refractivity contribution >= 4 is 0 Å². The minimum Gasteiger partial charge on any atom is -0.362 e. The summed E-state index contributed by atoms with van der Waals surface area (Å²) in [5.74, 6) is 0. The molecular weight excluding hydrogens is 196 g/mol. The minimum absolute atomic E-state index is 0.0482. The number of benzene rings is 1. The Kier molecular flexibility index (Phi) is 2.66. The fraction of sp³-hybridized carbons (Fsp3) is 0.429. The van der Waals surface area contributed by atoms with E-state index in [0.717, 1.165) is 6.67 Å². The molecule has 2 rings (SSSR count). The number of aryl methyl sites for hydroxylation is 1. The van der Waals surface area contributed by atoms with E-state index in [1.54, 1.807) is 0 Å². The number of hydrogen-bond acceptors (Lipinski definition) is 2. The van der Waals surface area contributed by atoms with Gasteiger partial charge >= 0.3 is 0 Å². The van der Waals surface area contributed by atoms with Gasteiger partial charge in [0.15, 0.2) is 0 Å². The van der Waals surface area contributed by atoms with E-state index in [1.165, 1.54) is 11.1 Å². The summed E-state index contributed by atoms with van der Waals surface area (Å²) in [6.45, 7) is 7.69. The van der Waals surface area contributed by atoms with Crippen molar-refractivity contribution in [2.24, 2.45) is 0 Å². The van der Waals surface area contributed by atoms with Gasteiger partial charge in [-0.05, 0) is 31.9 Å². The van der Waals surface area contributed by atoms with Gasteiger partial charge < -0.3 is 9.80 Å². The first kappa shape index (κ1) is 11.1. The van der Waals surface area contributed by atoms with Gasteiger partial charge in [-0.3, -0.25) is 0 Å². The summed E-state index contributed by atoms with van der Waals surface area (Å²) in [6, 6.07) is 8.62. The van der Waals surface area contributed by atoms with Crippen molar-refractivity contribution < 1.29 is 0 Å². The highest BCUT2D eigenvalue weighted by molar-refractivity contribution is 5.32. The van der Waals surface area contributed by atoms with E-state index in [0.29, 0.717) is 0 Å². The van der Waals surface area contributed by atoms with Crippen LogP contribution >= 0.6 is 0 Å². The molecule has 0 unspecified atom stereocenters. The molecule has 0 N–H and O–H groups in total. The second-order valence-electron chi connectivity index (χ2n) is 5.04. The van der Waals surface area contributed by atoms with E-state index in [2.05, 4.69) is 74.3 Å². The smallest absolute Gasteiger partial charge is 0.0898 e. The van der Waals surface area contributed by atoms with Gasteiger partial charge in [0.25, 0.3) is 0 Å². The van der Waals surface area contributed by atoms with Gasteiger partial charge in [-0.25, -0.2) is 0 Å². The third kappa shape index (κ3) is 1.80. The average molecular weight is 216 g/mol. The Labute approximate surface area is 98.2 Å². The lowest BCUT2D eigenvalue weighted by Crippen LogP contribution is -2.39. The Morgan fingerprint density at radius 3 is 2.38 bits per heavy atom. The van der Waals surface area contributed by atoms with E-state index in [4.69, 9.17) is 0 Å². The molecule has 0 amide bonds. The first-order chi connectivity index (χ1) is 7.51. The lowest BCUT2D eigenvalue weighted by Gasteiger charge is -2.37. The predicted octanol–water partition coefficient (Wildman–Crippen LogP) is 2.91. The Morgan fingerprint density at radius 2 is 1.81 bits per heavy atom. The van der Waals surface area contributed by atoms with E-state index in [1.807, 2.05) is 0 Å². The second-order valence-corrected chi connectivity index (χ2v) is 5.04. The minimum atomic E-state index is 0.0482. The average Bonchev–Trinajstić information content (AvgIpc) is 2.66. The maximum atomic E-state index is 2.37. The van der Waals surface area contributed by atoms with Crippen molar-refractivity contribution in [3.63, 3.8) is 0 Å². The molecule has 0 aliphatic carbocycles. The maximum absolute atomic E-state index is 2.37. The molecule has 86 valence electrons. The van der Waals surface area contributed by atoms with Crippen molar-refractivity contribution in [1.82, 2.24) is 9.80 Å². The van der Waals surface area contributed by atoms with Crippen LogP contribution in [0.25, 0.3) is 0 Å². The van der Waals surface area contributed by atoms with Crippen LogP contribution in [0.1, 0.15) is 25.0 Å². The molecular formula is C14H20N2. The first-order valence-electron chi connectivity index (χ1n) is 5.73. The quantitative estimate of drug-likeness (QED) is 0.750. The van der Waals surface area contributed by atoms with Crippen molar-refractivity contribution in [3.05, 3.63) is 47.8 Å². The standard InChI is InChI=1S/C14H20N2/c1-12-7-5-6-8-13(12)14(2,3)16-10-9-15(4)11-16/h5-10H,11H2,1-4H3. The number of rotatable bonds is 2. The Bertz CT molecular complexity index is 407. The van der Waals surface area contributed by atoms with Crippen molar-refractivity contribution in [3.8, 4) is 0 Å². The third-order valence-corrected chi connectivity index (χ3v) is 3.40. The molecule has 0 atom stereocenters. The Morgan fingerprint density at radius 1 is 1.12 bits per heavy atom. The summed E-state index contributed by atoms with van der Waals surface area (Å²) in [5.41, 5.74) is 2.80. The molecule has 2 heteroatoms. The molecule has 2 nitrogen and oxygen atoms in total. The van der Waals surface area contributed by atoms with Crippen LogP contribution in [-0.2, 0) is 5.54 Å². The molecule has 1 aliphatic heterocycles. The molecule has 0 saturated carbocycles.